The third kappa shape index (κ3) is 5.64. The Balaban J connectivity index is 2.54. The van der Waals surface area contributed by atoms with Crippen molar-refractivity contribution in [2.45, 2.75) is 9.29 Å². The van der Waals surface area contributed by atoms with Crippen LogP contribution in [0.15, 0.2) is 36.4 Å². The van der Waals surface area contributed by atoms with Crippen molar-refractivity contribution in [1.82, 2.24) is 5.32 Å². The summed E-state index contributed by atoms with van der Waals surface area (Å²) >= 11 is 22.2. The Morgan fingerprint density at radius 2 is 1.82 bits per heavy atom. The van der Waals surface area contributed by atoms with Gasteiger partial charge in [-0.1, -0.05) is 76.7 Å². The van der Waals surface area contributed by atoms with Gasteiger partial charge in [-0.2, -0.15) is 0 Å². The van der Waals surface area contributed by atoms with Crippen LogP contribution in [0.25, 0.3) is 6.08 Å². The molecule has 1 rings (SSSR count). The van der Waals surface area contributed by atoms with Gasteiger partial charge in [0.1, 0.15) is 0 Å². The van der Waals surface area contributed by atoms with Gasteiger partial charge in [0.15, 0.2) is 5.50 Å². The normalized spacial score (nSPS) is 13.6. The Morgan fingerprint density at radius 1 is 1.24 bits per heavy atom. The first-order valence-electron chi connectivity index (χ1n) is 4.64. The van der Waals surface area contributed by atoms with Crippen LogP contribution >= 0.6 is 46.4 Å². The standard InChI is InChI=1S/C11H9Cl4NO/c12-10(11(13,14)15)16-9(17)7-6-8-4-2-1-3-5-8/h1-7,10H,(H,16,17)/b7-6+/t10-/m1/s1. The lowest BCUT2D eigenvalue weighted by Crippen LogP contribution is -2.38. The van der Waals surface area contributed by atoms with Gasteiger partial charge in [0.25, 0.3) is 0 Å². The van der Waals surface area contributed by atoms with E-state index >= 15 is 0 Å². The second-order valence-electron chi connectivity index (χ2n) is 3.16. The molecule has 0 aliphatic heterocycles. The summed E-state index contributed by atoms with van der Waals surface area (Å²) in [7, 11) is 0. The highest BCUT2D eigenvalue weighted by atomic mass is 35.6. The van der Waals surface area contributed by atoms with Gasteiger partial charge in [-0.3, -0.25) is 4.79 Å². The van der Waals surface area contributed by atoms with Crippen molar-refractivity contribution in [2.24, 2.45) is 0 Å². The molecule has 6 heteroatoms. The summed E-state index contributed by atoms with van der Waals surface area (Å²) in [5, 5.41) is 2.33. The summed E-state index contributed by atoms with van der Waals surface area (Å²) in [5.41, 5.74) is -0.192. The topological polar surface area (TPSA) is 29.1 Å². The molecule has 92 valence electrons. The third-order valence-corrected chi connectivity index (χ3v) is 3.21. The smallest absolute Gasteiger partial charge is 0.245 e. The summed E-state index contributed by atoms with van der Waals surface area (Å²) in [6, 6.07) is 9.33. The Bertz CT molecular complexity index is 400. The summed E-state index contributed by atoms with van der Waals surface area (Å²) < 4.78 is -1.74. The first-order chi connectivity index (χ1) is 7.89. The fraction of sp³-hybridized carbons (Fsp3) is 0.182. The number of rotatable bonds is 3. The minimum Gasteiger partial charge on any atom is -0.333 e. The number of amides is 1. The highest BCUT2D eigenvalue weighted by molar-refractivity contribution is 6.70. The van der Waals surface area contributed by atoms with Crippen LogP contribution in [0.4, 0.5) is 0 Å². The Labute approximate surface area is 119 Å². The Hall–Kier alpha value is -0.410. The first-order valence-corrected chi connectivity index (χ1v) is 6.21. The van der Waals surface area contributed by atoms with E-state index in [1.807, 2.05) is 30.3 Å². The lowest BCUT2D eigenvalue weighted by molar-refractivity contribution is -0.116. The summed E-state index contributed by atoms with van der Waals surface area (Å²) in [6.45, 7) is 0. The summed E-state index contributed by atoms with van der Waals surface area (Å²) in [6.07, 6.45) is 2.96. The number of hydrogen-bond donors (Lipinski definition) is 1. The van der Waals surface area contributed by atoms with Crippen LogP contribution in [0.3, 0.4) is 0 Å². The van der Waals surface area contributed by atoms with E-state index in [1.165, 1.54) is 6.08 Å². The average molecular weight is 313 g/mol. The predicted octanol–water partition coefficient (Wildman–Crippen LogP) is 3.75. The van der Waals surface area contributed by atoms with Crippen LogP contribution < -0.4 is 5.32 Å². The molecule has 2 nitrogen and oxygen atoms in total. The van der Waals surface area contributed by atoms with Crippen molar-refractivity contribution in [3.05, 3.63) is 42.0 Å². The van der Waals surface area contributed by atoms with Crippen molar-refractivity contribution < 1.29 is 4.79 Å². The molecule has 0 heterocycles. The van der Waals surface area contributed by atoms with E-state index in [0.29, 0.717) is 0 Å². The molecule has 0 unspecified atom stereocenters. The number of carbonyl (C=O) groups excluding carboxylic acids is 1. The molecule has 1 N–H and O–H groups in total. The Morgan fingerprint density at radius 3 is 2.35 bits per heavy atom. The van der Waals surface area contributed by atoms with E-state index in [2.05, 4.69) is 5.32 Å². The molecule has 1 atom stereocenters. The van der Waals surface area contributed by atoms with Gasteiger partial charge in [0.05, 0.1) is 0 Å². The highest BCUT2D eigenvalue weighted by Gasteiger charge is 2.31. The van der Waals surface area contributed by atoms with Crippen molar-refractivity contribution in [1.29, 1.82) is 0 Å². The number of carbonyl (C=O) groups is 1. The molecule has 0 radical (unpaired) electrons. The molecular weight excluding hydrogens is 304 g/mol. The molecule has 0 aliphatic carbocycles. The average Bonchev–Trinajstić information content (AvgIpc) is 2.26. The molecule has 1 aromatic carbocycles. The minimum atomic E-state index is -1.74. The number of halogens is 4. The van der Waals surface area contributed by atoms with E-state index < -0.39 is 15.2 Å². The lowest BCUT2D eigenvalue weighted by atomic mass is 10.2. The molecular formula is C11H9Cl4NO. The number of nitrogens with one attached hydrogen (secondary N) is 1. The molecule has 0 saturated carbocycles. The monoisotopic (exact) mass is 311 g/mol. The fourth-order valence-electron chi connectivity index (χ4n) is 0.991. The van der Waals surface area contributed by atoms with Crippen molar-refractivity contribution >= 4 is 58.4 Å². The molecule has 0 aromatic heterocycles. The highest BCUT2D eigenvalue weighted by Crippen LogP contribution is 2.32. The number of hydrogen-bond acceptors (Lipinski definition) is 1. The van der Waals surface area contributed by atoms with Crippen LogP contribution in [0, 0.1) is 0 Å². The minimum absolute atomic E-state index is 0.430. The molecule has 0 saturated heterocycles. The van der Waals surface area contributed by atoms with Crippen LogP contribution in [0.1, 0.15) is 5.56 Å². The second kappa shape index (κ2) is 6.50. The maximum Gasteiger partial charge on any atom is 0.245 e. The molecule has 1 aromatic rings. The largest absolute Gasteiger partial charge is 0.333 e. The quantitative estimate of drug-likeness (QED) is 0.514. The number of alkyl halides is 4. The van der Waals surface area contributed by atoms with Crippen molar-refractivity contribution in [2.75, 3.05) is 0 Å². The molecule has 0 fully saturated rings. The van der Waals surface area contributed by atoms with E-state index in [-0.39, 0.29) is 0 Å². The fourth-order valence-corrected chi connectivity index (χ4v) is 1.26. The maximum atomic E-state index is 11.4. The van der Waals surface area contributed by atoms with Crippen molar-refractivity contribution in [3.8, 4) is 0 Å². The molecule has 1 amide bonds. The zero-order valence-corrected chi connectivity index (χ0v) is 11.6. The maximum absolute atomic E-state index is 11.4. The van der Waals surface area contributed by atoms with E-state index in [9.17, 15) is 4.79 Å². The van der Waals surface area contributed by atoms with Gasteiger partial charge >= 0.3 is 0 Å². The van der Waals surface area contributed by atoms with E-state index in [4.69, 9.17) is 46.4 Å². The molecule has 0 spiro atoms. The molecule has 17 heavy (non-hydrogen) atoms. The van der Waals surface area contributed by atoms with Gasteiger partial charge < -0.3 is 5.32 Å². The van der Waals surface area contributed by atoms with Crippen molar-refractivity contribution in [3.63, 3.8) is 0 Å². The number of benzene rings is 1. The van der Waals surface area contributed by atoms with Crippen LogP contribution in [-0.2, 0) is 4.79 Å². The molecule has 0 bridgehead atoms. The van der Waals surface area contributed by atoms with Gasteiger partial charge in [-0.05, 0) is 11.6 Å². The van der Waals surface area contributed by atoms with E-state index in [1.54, 1.807) is 6.08 Å². The Kier molecular flexibility index (Phi) is 5.60. The zero-order chi connectivity index (χ0) is 12.9. The van der Waals surface area contributed by atoms with Crippen LogP contribution in [0.5, 0.6) is 0 Å². The van der Waals surface area contributed by atoms with E-state index in [0.717, 1.165) is 5.56 Å². The lowest BCUT2D eigenvalue weighted by Gasteiger charge is -2.18. The summed E-state index contributed by atoms with van der Waals surface area (Å²) in [5.74, 6) is -0.430. The first kappa shape index (κ1) is 14.7. The van der Waals surface area contributed by atoms with Gasteiger partial charge in [0, 0.05) is 6.08 Å². The van der Waals surface area contributed by atoms with Gasteiger partial charge in [-0.25, -0.2) is 0 Å². The summed E-state index contributed by atoms with van der Waals surface area (Å²) in [4.78, 5) is 11.4. The van der Waals surface area contributed by atoms with Crippen LogP contribution in [0.2, 0.25) is 0 Å². The SMILES string of the molecule is O=C(/C=C/c1ccccc1)N[C@@H](Cl)C(Cl)(Cl)Cl. The second-order valence-corrected chi connectivity index (χ2v) is 5.96. The predicted molar refractivity (Wildman–Crippen MR) is 73.5 cm³/mol. The van der Waals surface area contributed by atoms with Gasteiger partial charge in [-0.15, -0.1) is 0 Å². The third-order valence-electron chi connectivity index (χ3n) is 1.78. The van der Waals surface area contributed by atoms with Gasteiger partial charge in [0.2, 0.25) is 9.70 Å². The van der Waals surface area contributed by atoms with Crippen LogP contribution in [-0.4, -0.2) is 15.2 Å². The zero-order valence-electron chi connectivity index (χ0n) is 8.54. The molecule has 0 aliphatic rings.